The summed E-state index contributed by atoms with van der Waals surface area (Å²) in [7, 11) is 0. The van der Waals surface area contributed by atoms with Crippen molar-refractivity contribution in [3.63, 3.8) is 0 Å². The predicted octanol–water partition coefficient (Wildman–Crippen LogP) is 2.14. The SMILES string of the molecule is C[C@@H]1CNC[C@](NC(=O)O)(c2ccc(C=O)c3ncccc23)C1. The maximum Gasteiger partial charge on any atom is 0.405 e. The molecule has 2 atom stereocenters. The van der Waals surface area contributed by atoms with Crippen molar-refractivity contribution in [2.75, 3.05) is 13.1 Å². The Morgan fingerprint density at radius 1 is 1.48 bits per heavy atom. The van der Waals surface area contributed by atoms with Gasteiger partial charge in [0.2, 0.25) is 0 Å². The first-order valence-electron chi connectivity index (χ1n) is 7.61. The van der Waals surface area contributed by atoms with E-state index in [0.29, 0.717) is 30.0 Å². The molecule has 1 aliphatic rings. The number of aromatic nitrogens is 1. The Labute approximate surface area is 133 Å². The summed E-state index contributed by atoms with van der Waals surface area (Å²) in [6.07, 6.45) is 2.05. The van der Waals surface area contributed by atoms with E-state index in [1.54, 1.807) is 18.3 Å². The molecule has 3 N–H and O–H groups in total. The molecule has 1 amide bonds. The van der Waals surface area contributed by atoms with Crippen LogP contribution < -0.4 is 10.6 Å². The van der Waals surface area contributed by atoms with Gasteiger partial charge in [0.05, 0.1) is 11.1 Å². The van der Waals surface area contributed by atoms with Crippen LogP contribution in [0, 0.1) is 5.92 Å². The van der Waals surface area contributed by atoms with Crippen LogP contribution in [-0.2, 0) is 5.54 Å². The van der Waals surface area contributed by atoms with Crippen molar-refractivity contribution in [3.8, 4) is 0 Å². The van der Waals surface area contributed by atoms with Gasteiger partial charge in [-0.25, -0.2) is 4.79 Å². The van der Waals surface area contributed by atoms with E-state index in [1.165, 1.54) is 0 Å². The number of nitrogens with zero attached hydrogens (tertiary/aromatic N) is 1. The van der Waals surface area contributed by atoms with Crippen molar-refractivity contribution >= 4 is 23.3 Å². The summed E-state index contributed by atoms with van der Waals surface area (Å²) in [4.78, 5) is 27.0. The van der Waals surface area contributed by atoms with Crippen LogP contribution in [0.1, 0.15) is 29.3 Å². The smallest absolute Gasteiger partial charge is 0.405 e. The summed E-state index contributed by atoms with van der Waals surface area (Å²) >= 11 is 0. The number of nitrogens with one attached hydrogen (secondary N) is 2. The molecule has 1 aromatic carbocycles. The third-order valence-corrected chi connectivity index (χ3v) is 4.41. The number of carboxylic acid groups (broad SMARTS) is 1. The zero-order chi connectivity index (χ0) is 16.4. The van der Waals surface area contributed by atoms with Gasteiger partial charge in [0.15, 0.2) is 6.29 Å². The Hall–Kier alpha value is -2.47. The van der Waals surface area contributed by atoms with Gasteiger partial charge in [-0.1, -0.05) is 19.1 Å². The second-order valence-corrected chi connectivity index (χ2v) is 6.17. The molecule has 120 valence electrons. The van der Waals surface area contributed by atoms with Crippen molar-refractivity contribution in [2.45, 2.75) is 18.9 Å². The number of piperidine rings is 1. The van der Waals surface area contributed by atoms with Gasteiger partial charge >= 0.3 is 6.09 Å². The minimum Gasteiger partial charge on any atom is -0.465 e. The molecule has 1 saturated heterocycles. The van der Waals surface area contributed by atoms with Crippen LogP contribution in [0.4, 0.5) is 4.79 Å². The molecule has 6 heteroatoms. The van der Waals surface area contributed by atoms with Crippen molar-refractivity contribution < 1.29 is 14.7 Å². The summed E-state index contributed by atoms with van der Waals surface area (Å²) in [6.45, 7) is 3.45. The molecule has 3 rings (SSSR count). The van der Waals surface area contributed by atoms with E-state index in [1.807, 2.05) is 12.1 Å². The van der Waals surface area contributed by atoms with Crippen LogP contribution in [0.25, 0.3) is 10.9 Å². The number of pyridine rings is 1. The normalized spacial score (nSPS) is 24.3. The number of aldehydes is 1. The number of benzene rings is 1. The fourth-order valence-corrected chi connectivity index (χ4v) is 3.55. The highest BCUT2D eigenvalue weighted by Gasteiger charge is 2.39. The first-order valence-corrected chi connectivity index (χ1v) is 7.61. The number of rotatable bonds is 3. The number of amides is 1. The standard InChI is InChI=1S/C17H19N3O3/c1-11-7-17(10-18-8-11,20-16(22)23)14-5-4-12(9-21)15-13(14)3-2-6-19-15/h2-6,9,11,18,20H,7-8,10H2,1H3,(H,22,23)/t11-,17-/m0/s1. The summed E-state index contributed by atoms with van der Waals surface area (Å²) in [5, 5.41) is 16.2. The van der Waals surface area contributed by atoms with Crippen molar-refractivity contribution in [2.24, 2.45) is 5.92 Å². The zero-order valence-electron chi connectivity index (χ0n) is 12.9. The Bertz CT molecular complexity index is 762. The third kappa shape index (κ3) is 2.77. The number of fused-ring (bicyclic) bond motifs is 1. The maximum absolute atomic E-state index is 11.4. The molecule has 2 aromatic rings. The minimum atomic E-state index is -1.06. The molecule has 0 aliphatic carbocycles. The molecule has 1 fully saturated rings. The number of hydrogen-bond donors (Lipinski definition) is 3. The van der Waals surface area contributed by atoms with Gasteiger partial charge in [0.1, 0.15) is 0 Å². The van der Waals surface area contributed by atoms with Gasteiger partial charge in [-0.2, -0.15) is 0 Å². The molecular formula is C17H19N3O3. The van der Waals surface area contributed by atoms with Crippen LogP contribution in [0.3, 0.4) is 0 Å². The number of carbonyl (C=O) groups excluding carboxylic acids is 1. The van der Waals surface area contributed by atoms with Gasteiger partial charge in [-0.15, -0.1) is 0 Å². The molecule has 0 saturated carbocycles. The average molecular weight is 313 g/mol. The lowest BCUT2D eigenvalue weighted by atomic mass is 9.77. The monoisotopic (exact) mass is 313 g/mol. The molecule has 6 nitrogen and oxygen atoms in total. The van der Waals surface area contributed by atoms with Crippen LogP contribution in [0.5, 0.6) is 0 Å². The van der Waals surface area contributed by atoms with E-state index in [4.69, 9.17) is 0 Å². The summed E-state index contributed by atoms with van der Waals surface area (Å²) in [6, 6.07) is 7.23. The summed E-state index contributed by atoms with van der Waals surface area (Å²) in [5.74, 6) is 0.327. The summed E-state index contributed by atoms with van der Waals surface area (Å²) in [5.41, 5.74) is 1.23. The van der Waals surface area contributed by atoms with Gasteiger partial charge in [-0.3, -0.25) is 9.78 Å². The predicted molar refractivity (Wildman–Crippen MR) is 86.6 cm³/mol. The van der Waals surface area contributed by atoms with E-state index in [9.17, 15) is 14.7 Å². The molecular weight excluding hydrogens is 294 g/mol. The molecule has 2 heterocycles. The van der Waals surface area contributed by atoms with Crippen LogP contribution in [-0.4, -0.2) is 35.6 Å². The van der Waals surface area contributed by atoms with E-state index in [2.05, 4.69) is 22.5 Å². The average Bonchev–Trinajstić information content (AvgIpc) is 2.53. The Balaban J connectivity index is 2.22. The molecule has 23 heavy (non-hydrogen) atoms. The number of hydrogen-bond acceptors (Lipinski definition) is 4. The highest BCUT2D eigenvalue weighted by molar-refractivity contribution is 5.97. The van der Waals surface area contributed by atoms with E-state index >= 15 is 0 Å². The fourth-order valence-electron chi connectivity index (χ4n) is 3.55. The molecule has 0 bridgehead atoms. The molecule has 0 spiro atoms. The highest BCUT2D eigenvalue weighted by atomic mass is 16.4. The minimum absolute atomic E-state index is 0.327. The van der Waals surface area contributed by atoms with E-state index in [0.717, 1.165) is 23.8 Å². The topological polar surface area (TPSA) is 91.3 Å². The summed E-state index contributed by atoms with van der Waals surface area (Å²) < 4.78 is 0. The molecule has 1 aliphatic heterocycles. The largest absolute Gasteiger partial charge is 0.465 e. The molecule has 0 unspecified atom stereocenters. The molecule has 0 radical (unpaired) electrons. The fraction of sp³-hybridized carbons (Fsp3) is 0.353. The van der Waals surface area contributed by atoms with Crippen LogP contribution in [0.15, 0.2) is 30.5 Å². The van der Waals surface area contributed by atoms with Gasteiger partial charge in [-0.05, 0) is 36.6 Å². The molecule has 1 aromatic heterocycles. The van der Waals surface area contributed by atoms with Crippen LogP contribution in [0.2, 0.25) is 0 Å². The Morgan fingerprint density at radius 2 is 2.30 bits per heavy atom. The zero-order valence-corrected chi connectivity index (χ0v) is 12.9. The van der Waals surface area contributed by atoms with Gasteiger partial charge in [0, 0.05) is 23.7 Å². The second kappa shape index (κ2) is 5.96. The first-order chi connectivity index (χ1) is 11.1. The third-order valence-electron chi connectivity index (χ3n) is 4.41. The maximum atomic E-state index is 11.4. The Morgan fingerprint density at radius 3 is 3.00 bits per heavy atom. The van der Waals surface area contributed by atoms with Crippen molar-refractivity contribution in [1.82, 2.24) is 15.6 Å². The quantitative estimate of drug-likeness (QED) is 0.755. The van der Waals surface area contributed by atoms with Gasteiger partial charge in [0.25, 0.3) is 0 Å². The first kappa shape index (κ1) is 15.4. The second-order valence-electron chi connectivity index (χ2n) is 6.17. The van der Waals surface area contributed by atoms with Crippen LogP contribution >= 0.6 is 0 Å². The van der Waals surface area contributed by atoms with Crippen molar-refractivity contribution in [3.05, 3.63) is 41.6 Å². The lowest BCUT2D eigenvalue weighted by Crippen LogP contribution is -2.57. The van der Waals surface area contributed by atoms with E-state index < -0.39 is 11.6 Å². The van der Waals surface area contributed by atoms with Crippen molar-refractivity contribution in [1.29, 1.82) is 0 Å². The highest BCUT2D eigenvalue weighted by Crippen LogP contribution is 2.35. The lowest BCUT2D eigenvalue weighted by Gasteiger charge is -2.41. The van der Waals surface area contributed by atoms with Gasteiger partial charge < -0.3 is 15.7 Å². The van der Waals surface area contributed by atoms with E-state index in [-0.39, 0.29) is 0 Å². The lowest BCUT2D eigenvalue weighted by molar-refractivity contribution is 0.112. The Kier molecular flexibility index (Phi) is 4.00. The number of carbonyl (C=O) groups is 2.